The van der Waals surface area contributed by atoms with Crippen molar-refractivity contribution >= 4 is 11.4 Å². The van der Waals surface area contributed by atoms with Crippen LogP contribution in [0.15, 0.2) is 42.5 Å². The van der Waals surface area contributed by atoms with E-state index in [1.807, 2.05) is 18.2 Å². The molecule has 19 heavy (non-hydrogen) atoms. The third kappa shape index (κ3) is 1.97. The summed E-state index contributed by atoms with van der Waals surface area (Å²) in [7, 11) is 0. The standard InChI is InChI=1S/C17H20N2/c1-17(2)10-15(11-4-3-5-12(18)8-11)14-7-6-13(19)9-16(14)17/h3-9,15H,10,18-19H2,1-2H3. The second kappa shape index (κ2) is 4.02. The summed E-state index contributed by atoms with van der Waals surface area (Å²) in [5, 5.41) is 0. The van der Waals surface area contributed by atoms with E-state index in [0.29, 0.717) is 5.92 Å². The van der Waals surface area contributed by atoms with Crippen molar-refractivity contribution in [3.8, 4) is 0 Å². The zero-order valence-electron chi connectivity index (χ0n) is 11.5. The fourth-order valence-corrected chi connectivity index (χ4v) is 3.27. The molecule has 0 radical (unpaired) electrons. The Labute approximate surface area is 114 Å². The van der Waals surface area contributed by atoms with Gasteiger partial charge in [-0.2, -0.15) is 0 Å². The maximum Gasteiger partial charge on any atom is 0.0317 e. The fraction of sp³-hybridized carbons (Fsp3) is 0.294. The van der Waals surface area contributed by atoms with Crippen LogP contribution in [-0.2, 0) is 5.41 Å². The minimum Gasteiger partial charge on any atom is -0.399 e. The van der Waals surface area contributed by atoms with Crippen molar-refractivity contribution in [2.75, 3.05) is 11.5 Å². The van der Waals surface area contributed by atoms with E-state index in [4.69, 9.17) is 11.5 Å². The van der Waals surface area contributed by atoms with Crippen molar-refractivity contribution in [3.05, 3.63) is 59.2 Å². The van der Waals surface area contributed by atoms with Crippen molar-refractivity contribution < 1.29 is 0 Å². The first-order valence-corrected chi connectivity index (χ1v) is 6.73. The van der Waals surface area contributed by atoms with Crippen molar-refractivity contribution in [1.82, 2.24) is 0 Å². The van der Waals surface area contributed by atoms with Crippen LogP contribution in [0.3, 0.4) is 0 Å². The van der Waals surface area contributed by atoms with Gasteiger partial charge < -0.3 is 11.5 Å². The zero-order chi connectivity index (χ0) is 13.6. The molecular formula is C17H20N2. The number of fused-ring (bicyclic) bond motifs is 1. The van der Waals surface area contributed by atoms with Gasteiger partial charge in [-0.1, -0.05) is 32.0 Å². The summed E-state index contributed by atoms with van der Waals surface area (Å²) in [6.07, 6.45) is 1.11. The predicted octanol–water partition coefficient (Wildman–Crippen LogP) is 3.66. The molecule has 0 spiro atoms. The van der Waals surface area contributed by atoms with E-state index in [9.17, 15) is 0 Å². The first-order valence-electron chi connectivity index (χ1n) is 6.73. The van der Waals surface area contributed by atoms with E-state index < -0.39 is 0 Å². The summed E-state index contributed by atoms with van der Waals surface area (Å²) >= 11 is 0. The molecule has 2 aromatic rings. The predicted molar refractivity (Wildman–Crippen MR) is 81.2 cm³/mol. The average molecular weight is 252 g/mol. The minimum absolute atomic E-state index is 0.167. The second-order valence-corrected chi connectivity index (χ2v) is 6.16. The van der Waals surface area contributed by atoms with Gasteiger partial charge in [0.1, 0.15) is 0 Å². The number of anilines is 2. The van der Waals surface area contributed by atoms with Crippen LogP contribution in [0, 0.1) is 0 Å². The molecule has 0 amide bonds. The van der Waals surface area contributed by atoms with Crippen LogP contribution in [0.4, 0.5) is 11.4 Å². The topological polar surface area (TPSA) is 52.0 Å². The van der Waals surface area contributed by atoms with Crippen LogP contribution in [0.2, 0.25) is 0 Å². The van der Waals surface area contributed by atoms with Gasteiger partial charge in [0.2, 0.25) is 0 Å². The van der Waals surface area contributed by atoms with Gasteiger partial charge in [-0.05, 0) is 52.8 Å². The molecular weight excluding hydrogens is 232 g/mol. The zero-order valence-corrected chi connectivity index (χ0v) is 11.5. The van der Waals surface area contributed by atoms with Crippen LogP contribution in [-0.4, -0.2) is 0 Å². The Morgan fingerprint density at radius 1 is 1.00 bits per heavy atom. The number of hydrogen-bond donors (Lipinski definition) is 2. The van der Waals surface area contributed by atoms with Crippen molar-refractivity contribution in [1.29, 1.82) is 0 Å². The lowest BCUT2D eigenvalue weighted by Gasteiger charge is -2.19. The molecule has 1 unspecified atom stereocenters. The monoisotopic (exact) mass is 252 g/mol. The van der Waals surface area contributed by atoms with E-state index in [1.165, 1.54) is 16.7 Å². The Hall–Kier alpha value is -1.96. The Kier molecular flexibility index (Phi) is 2.56. The number of hydrogen-bond acceptors (Lipinski definition) is 2. The van der Waals surface area contributed by atoms with Gasteiger partial charge >= 0.3 is 0 Å². The largest absolute Gasteiger partial charge is 0.399 e. The molecule has 0 heterocycles. The third-order valence-corrected chi connectivity index (χ3v) is 4.21. The van der Waals surface area contributed by atoms with Crippen molar-refractivity contribution in [3.63, 3.8) is 0 Å². The highest BCUT2D eigenvalue weighted by Crippen LogP contribution is 2.49. The van der Waals surface area contributed by atoms with Gasteiger partial charge in [-0.3, -0.25) is 0 Å². The van der Waals surface area contributed by atoms with Gasteiger partial charge in [-0.15, -0.1) is 0 Å². The highest BCUT2D eigenvalue weighted by Gasteiger charge is 2.37. The Morgan fingerprint density at radius 3 is 2.47 bits per heavy atom. The molecule has 1 aliphatic carbocycles. The van der Waals surface area contributed by atoms with Crippen LogP contribution < -0.4 is 11.5 Å². The Morgan fingerprint density at radius 2 is 1.74 bits per heavy atom. The van der Waals surface area contributed by atoms with E-state index >= 15 is 0 Å². The Bertz CT molecular complexity index is 629. The molecule has 1 atom stereocenters. The molecule has 4 N–H and O–H groups in total. The van der Waals surface area contributed by atoms with Gasteiger partial charge in [-0.25, -0.2) is 0 Å². The molecule has 0 aliphatic heterocycles. The number of nitrogen functional groups attached to an aromatic ring is 2. The van der Waals surface area contributed by atoms with Gasteiger partial charge in [0, 0.05) is 17.3 Å². The van der Waals surface area contributed by atoms with Crippen LogP contribution >= 0.6 is 0 Å². The minimum atomic E-state index is 0.167. The number of nitrogens with two attached hydrogens (primary N) is 2. The van der Waals surface area contributed by atoms with Crippen molar-refractivity contribution in [2.45, 2.75) is 31.6 Å². The highest BCUT2D eigenvalue weighted by molar-refractivity contribution is 5.55. The maximum atomic E-state index is 5.94. The molecule has 3 rings (SSSR count). The average Bonchev–Trinajstić information content (AvgIpc) is 2.61. The normalized spacial score (nSPS) is 20.2. The van der Waals surface area contributed by atoms with Crippen LogP contribution in [0.25, 0.3) is 0 Å². The summed E-state index contributed by atoms with van der Waals surface area (Å²) in [5.41, 5.74) is 17.8. The highest BCUT2D eigenvalue weighted by atomic mass is 14.6. The molecule has 2 nitrogen and oxygen atoms in total. The summed E-state index contributed by atoms with van der Waals surface area (Å²) in [6.45, 7) is 4.58. The molecule has 0 bridgehead atoms. The molecule has 2 aromatic carbocycles. The molecule has 1 aliphatic rings. The van der Waals surface area contributed by atoms with Crippen LogP contribution in [0.1, 0.15) is 42.9 Å². The summed E-state index contributed by atoms with van der Waals surface area (Å²) in [4.78, 5) is 0. The lowest BCUT2D eigenvalue weighted by Crippen LogP contribution is -2.12. The summed E-state index contributed by atoms with van der Waals surface area (Å²) < 4.78 is 0. The lowest BCUT2D eigenvalue weighted by atomic mass is 9.85. The quantitative estimate of drug-likeness (QED) is 0.761. The SMILES string of the molecule is CC1(C)CC(c2cccc(N)c2)c2ccc(N)cc21. The van der Waals surface area contributed by atoms with Crippen molar-refractivity contribution in [2.24, 2.45) is 0 Å². The number of benzene rings is 2. The van der Waals surface area contributed by atoms with E-state index in [2.05, 4.69) is 38.1 Å². The van der Waals surface area contributed by atoms with E-state index in [0.717, 1.165) is 17.8 Å². The summed E-state index contributed by atoms with van der Waals surface area (Å²) in [5.74, 6) is 0.425. The fourth-order valence-electron chi connectivity index (χ4n) is 3.27. The van der Waals surface area contributed by atoms with E-state index in [-0.39, 0.29) is 5.41 Å². The Balaban J connectivity index is 2.13. The third-order valence-electron chi connectivity index (χ3n) is 4.21. The van der Waals surface area contributed by atoms with Gasteiger partial charge in [0.15, 0.2) is 0 Å². The van der Waals surface area contributed by atoms with Gasteiger partial charge in [0.05, 0.1) is 0 Å². The second-order valence-electron chi connectivity index (χ2n) is 6.16. The smallest absolute Gasteiger partial charge is 0.0317 e. The van der Waals surface area contributed by atoms with E-state index in [1.54, 1.807) is 0 Å². The molecule has 0 saturated heterocycles. The molecule has 0 fully saturated rings. The molecule has 0 saturated carbocycles. The molecule has 98 valence electrons. The number of rotatable bonds is 1. The first kappa shape index (κ1) is 12.1. The van der Waals surface area contributed by atoms with Crippen LogP contribution in [0.5, 0.6) is 0 Å². The lowest BCUT2D eigenvalue weighted by molar-refractivity contribution is 0.499. The molecule has 2 heteroatoms. The maximum absolute atomic E-state index is 5.94. The summed E-state index contributed by atoms with van der Waals surface area (Å²) in [6, 6.07) is 14.5. The first-order chi connectivity index (χ1) is 8.97. The molecule has 0 aromatic heterocycles. The van der Waals surface area contributed by atoms with Gasteiger partial charge in [0.25, 0.3) is 0 Å².